The topological polar surface area (TPSA) is 41.6 Å². The minimum atomic E-state index is 0.0260. The summed E-state index contributed by atoms with van der Waals surface area (Å²) in [7, 11) is 0. The molecule has 0 bridgehead atoms. The van der Waals surface area contributed by atoms with Gasteiger partial charge < -0.3 is 10.1 Å². The van der Waals surface area contributed by atoms with E-state index >= 15 is 0 Å². The fourth-order valence-corrected chi connectivity index (χ4v) is 3.92. The predicted octanol–water partition coefficient (Wildman–Crippen LogP) is 4.02. The Morgan fingerprint density at radius 2 is 2.00 bits per heavy atom. The molecule has 0 spiro atoms. The van der Waals surface area contributed by atoms with Crippen molar-refractivity contribution in [2.45, 2.75) is 32.7 Å². The van der Waals surface area contributed by atoms with Crippen LogP contribution in [0.2, 0.25) is 5.02 Å². The van der Waals surface area contributed by atoms with Gasteiger partial charge in [0.2, 0.25) is 5.91 Å². The molecule has 27 heavy (non-hydrogen) atoms. The van der Waals surface area contributed by atoms with E-state index in [0.29, 0.717) is 13.0 Å². The molecule has 5 heteroatoms. The molecule has 144 valence electrons. The number of carbonyl (C=O) groups excluding carboxylic acids is 1. The van der Waals surface area contributed by atoms with Crippen LogP contribution in [0.25, 0.3) is 0 Å². The summed E-state index contributed by atoms with van der Waals surface area (Å²) in [5, 5.41) is 3.84. The minimum absolute atomic E-state index is 0.0260. The van der Waals surface area contributed by atoms with Gasteiger partial charge in [0, 0.05) is 18.0 Å². The monoisotopic (exact) mass is 386 g/mol. The largest absolute Gasteiger partial charge is 0.493 e. The standard InChI is InChI=1S/C22H27ClN2O2/c1-3-25(4-2)20(18-7-5-6-8-19(18)23)15-24-22(26)14-16-9-10-21-17(13-16)11-12-27-21/h5-10,13,20H,3-4,11-12,14-15H2,1-2H3,(H,24,26). The van der Waals surface area contributed by atoms with E-state index in [4.69, 9.17) is 16.3 Å². The number of likely N-dealkylation sites (N-methyl/N-ethyl adjacent to an activating group) is 1. The molecule has 1 heterocycles. The molecule has 4 nitrogen and oxygen atoms in total. The predicted molar refractivity (Wildman–Crippen MR) is 109 cm³/mol. The maximum Gasteiger partial charge on any atom is 0.224 e. The smallest absolute Gasteiger partial charge is 0.224 e. The zero-order valence-corrected chi connectivity index (χ0v) is 16.8. The number of nitrogens with zero attached hydrogens (tertiary/aromatic N) is 1. The molecule has 2 aromatic rings. The normalized spacial score (nSPS) is 13.9. The molecule has 0 saturated carbocycles. The van der Waals surface area contributed by atoms with Gasteiger partial charge in [0.1, 0.15) is 5.75 Å². The maximum atomic E-state index is 12.5. The van der Waals surface area contributed by atoms with E-state index in [9.17, 15) is 4.79 Å². The van der Waals surface area contributed by atoms with Crippen LogP contribution in [-0.4, -0.2) is 37.0 Å². The molecule has 0 fully saturated rings. The van der Waals surface area contributed by atoms with E-state index in [2.05, 4.69) is 30.1 Å². The van der Waals surface area contributed by atoms with Gasteiger partial charge in [-0.1, -0.05) is 55.8 Å². The summed E-state index contributed by atoms with van der Waals surface area (Å²) in [6, 6.07) is 13.9. The molecule has 1 N–H and O–H groups in total. The highest BCUT2D eigenvalue weighted by Crippen LogP contribution is 2.28. The molecular formula is C22H27ClN2O2. The van der Waals surface area contributed by atoms with Gasteiger partial charge in [0.05, 0.1) is 19.1 Å². The van der Waals surface area contributed by atoms with E-state index in [0.717, 1.165) is 48.0 Å². The van der Waals surface area contributed by atoms with Gasteiger partial charge in [0.15, 0.2) is 0 Å². The van der Waals surface area contributed by atoms with E-state index < -0.39 is 0 Å². The molecule has 1 amide bonds. The Balaban J connectivity index is 1.66. The van der Waals surface area contributed by atoms with Crippen molar-refractivity contribution < 1.29 is 9.53 Å². The van der Waals surface area contributed by atoms with Crippen molar-refractivity contribution in [3.05, 3.63) is 64.2 Å². The zero-order valence-electron chi connectivity index (χ0n) is 16.0. The lowest BCUT2D eigenvalue weighted by atomic mass is 10.0. The summed E-state index contributed by atoms with van der Waals surface area (Å²) in [6.45, 7) is 7.32. The molecule has 0 saturated heterocycles. The molecule has 0 aromatic heterocycles. The van der Waals surface area contributed by atoms with Crippen LogP contribution in [0.15, 0.2) is 42.5 Å². The molecule has 1 aliphatic heterocycles. The second-order valence-electron chi connectivity index (χ2n) is 6.78. The van der Waals surface area contributed by atoms with Gasteiger partial charge in [0.25, 0.3) is 0 Å². The molecule has 0 radical (unpaired) electrons. The van der Waals surface area contributed by atoms with E-state index in [1.807, 2.05) is 36.4 Å². The molecule has 1 atom stereocenters. The van der Waals surface area contributed by atoms with Gasteiger partial charge >= 0.3 is 0 Å². The number of benzene rings is 2. The average Bonchev–Trinajstić information content (AvgIpc) is 3.14. The summed E-state index contributed by atoms with van der Waals surface area (Å²) in [6.07, 6.45) is 1.29. The Labute approximate surface area is 166 Å². The molecule has 2 aromatic carbocycles. The third kappa shape index (κ3) is 4.82. The van der Waals surface area contributed by atoms with Crippen LogP contribution < -0.4 is 10.1 Å². The lowest BCUT2D eigenvalue weighted by molar-refractivity contribution is -0.120. The highest BCUT2D eigenvalue weighted by molar-refractivity contribution is 6.31. The first kappa shape index (κ1) is 19.7. The fourth-order valence-electron chi connectivity index (χ4n) is 3.65. The van der Waals surface area contributed by atoms with Crippen molar-refractivity contribution in [1.29, 1.82) is 0 Å². The third-order valence-electron chi connectivity index (χ3n) is 5.13. The summed E-state index contributed by atoms with van der Waals surface area (Å²) in [5.41, 5.74) is 3.27. The number of nitrogens with one attached hydrogen (secondary N) is 1. The second-order valence-corrected chi connectivity index (χ2v) is 7.19. The Kier molecular flexibility index (Phi) is 6.75. The van der Waals surface area contributed by atoms with Gasteiger partial charge in [-0.05, 0) is 41.9 Å². The number of rotatable bonds is 8. The zero-order chi connectivity index (χ0) is 19.2. The highest BCUT2D eigenvalue weighted by Gasteiger charge is 2.21. The SMILES string of the molecule is CCN(CC)C(CNC(=O)Cc1ccc2c(c1)CCO2)c1ccccc1Cl. The number of amides is 1. The van der Waals surface area contributed by atoms with Gasteiger partial charge in [-0.3, -0.25) is 9.69 Å². The molecular weight excluding hydrogens is 360 g/mol. The van der Waals surface area contributed by atoms with Gasteiger partial charge in [-0.2, -0.15) is 0 Å². The van der Waals surface area contributed by atoms with Crippen LogP contribution in [0.1, 0.15) is 36.6 Å². The van der Waals surface area contributed by atoms with Crippen LogP contribution >= 0.6 is 11.6 Å². The van der Waals surface area contributed by atoms with Crippen LogP contribution in [0.5, 0.6) is 5.75 Å². The first-order chi connectivity index (χ1) is 13.1. The molecule has 3 rings (SSSR count). The summed E-state index contributed by atoms with van der Waals surface area (Å²) in [5.74, 6) is 0.970. The average molecular weight is 387 g/mol. The van der Waals surface area contributed by atoms with Crippen molar-refractivity contribution in [1.82, 2.24) is 10.2 Å². The summed E-state index contributed by atoms with van der Waals surface area (Å²) >= 11 is 6.42. The van der Waals surface area contributed by atoms with Crippen LogP contribution in [0.4, 0.5) is 0 Å². The molecule has 1 aliphatic rings. The van der Waals surface area contributed by atoms with Crippen LogP contribution in [-0.2, 0) is 17.6 Å². The lowest BCUT2D eigenvalue weighted by Gasteiger charge is -2.31. The number of hydrogen-bond acceptors (Lipinski definition) is 3. The number of halogens is 1. The first-order valence-corrected chi connectivity index (χ1v) is 10.00. The van der Waals surface area contributed by atoms with Crippen molar-refractivity contribution in [3.8, 4) is 5.75 Å². The van der Waals surface area contributed by atoms with E-state index in [1.165, 1.54) is 5.56 Å². The summed E-state index contributed by atoms with van der Waals surface area (Å²) in [4.78, 5) is 14.9. The third-order valence-corrected chi connectivity index (χ3v) is 5.47. The second kappa shape index (κ2) is 9.25. The van der Waals surface area contributed by atoms with Crippen molar-refractivity contribution in [2.75, 3.05) is 26.2 Å². The number of hydrogen-bond donors (Lipinski definition) is 1. The van der Waals surface area contributed by atoms with E-state index in [1.54, 1.807) is 0 Å². The van der Waals surface area contributed by atoms with Crippen LogP contribution in [0, 0.1) is 0 Å². The summed E-state index contributed by atoms with van der Waals surface area (Å²) < 4.78 is 5.53. The lowest BCUT2D eigenvalue weighted by Crippen LogP contribution is -2.38. The quantitative estimate of drug-likeness (QED) is 0.745. The van der Waals surface area contributed by atoms with Crippen molar-refractivity contribution in [3.63, 3.8) is 0 Å². The Hall–Kier alpha value is -2.04. The first-order valence-electron chi connectivity index (χ1n) is 9.62. The Morgan fingerprint density at radius 3 is 2.74 bits per heavy atom. The van der Waals surface area contributed by atoms with E-state index in [-0.39, 0.29) is 11.9 Å². The Bertz CT molecular complexity index is 790. The minimum Gasteiger partial charge on any atom is -0.493 e. The number of fused-ring (bicyclic) bond motifs is 1. The van der Waals surface area contributed by atoms with Gasteiger partial charge in [-0.25, -0.2) is 0 Å². The highest BCUT2D eigenvalue weighted by atomic mass is 35.5. The van der Waals surface area contributed by atoms with Crippen molar-refractivity contribution in [2.24, 2.45) is 0 Å². The maximum absolute atomic E-state index is 12.5. The van der Waals surface area contributed by atoms with Gasteiger partial charge in [-0.15, -0.1) is 0 Å². The Morgan fingerprint density at radius 1 is 1.22 bits per heavy atom. The van der Waals surface area contributed by atoms with Crippen molar-refractivity contribution >= 4 is 17.5 Å². The van der Waals surface area contributed by atoms with Crippen LogP contribution in [0.3, 0.4) is 0 Å². The fraction of sp³-hybridized carbons (Fsp3) is 0.409. The number of ether oxygens (including phenoxy) is 1. The molecule has 0 aliphatic carbocycles. The number of carbonyl (C=O) groups is 1. The molecule has 1 unspecified atom stereocenters.